The Hall–Kier alpha value is -2.31. The van der Waals surface area contributed by atoms with Gasteiger partial charge in [0.25, 0.3) is 5.91 Å². The van der Waals surface area contributed by atoms with Crippen LogP contribution in [0.1, 0.15) is 36.0 Å². The van der Waals surface area contributed by atoms with Gasteiger partial charge < -0.3 is 15.3 Å². The van der Waals surface area contributed by atoms with Crippen LogP contribution < -0.4 is 5.32 Å². The number of hydrogen-bond donors (Lipinski definition) is 2. The van der Waals surface area contributed by atoms with Gasteiger partial charge in [0.15, 0.2) is 0 Å². The summed E-state index contributed by atoms with van der Waals surface area (Å²) in [6.07, 6.45) is 9.27. The summed E-state index contributed by atoms with van der Waals surface area (Å²) in [4.78, 5) is 23.0. The molecule has 2 N–H and O–H groups in total. The molecule has 0 saturated carbocycles. The van der Waals surface area contributed by atoms with E-state index in [0.717, 1.165) is 24.3 Å². The normalized spacial score (nSPS) is 16.7. The van der Waals surface area contributed by atoms with Gasteiger partial charge in [0.2, 0.25) is 0 Å². The summed E-state index contributed by atoms with van der Waals surface area (Å²) in [6, 6.07) is 7.28. The third-order valence-corrected chi connectivity index (χ3v) is 4.65. The number of nitrogens with zero attached hydrogens (tertiary/aromatic N) is 3. The Morgan fingerprint density at radius 3 is 2.73 bits per heavy atom. The highest BCUT2D eigenvalue weighted by atomic mass is 16.3. The molecule has 2 aromatic rings. The van der Waals surface area contributed by atoms with E-state index in [1.807, 2.05) is 12.1 Å². The fourth-order valence-electron chi connectivity index (χ4n) is 3.26. The Balaban J connectivity index is 1.53. The van der Waals surface area contributed by atoms with E-state index in [1.54, 1.807) is 30.7 Å². The Kier molecular flexibility index (Phi) is 6.68. The van der Waals surface area contributed by atoms with Crippen molar-refractivity contribution in [1.29, 1.82) is 0 Å². The number of aliphatic hydroxyl groups is 1. The maximum Gasteiger partial charge on any atom is 0.251 e. The van der Waals surface area contributed by atoms with Crippen LogP contribution in [0.25, 0.3) is 11.3 Å². The Bertz CT molecular complexity index is 700. The standard InChI is InChI=1S/C20H26N4O2/c25-18(15-24-10-3-1-2-4-11-24)13-23-20(26)17-7-5-6-16(12-17)19-14-21-8-9-22-19/h5-9,12,14,18,25H,1-4,10-11,13,15H2,(H,23,26). The molecule has 1 atom stereocenters. The highest BCUT2D eigenvalue weighted by molar-refractivity contribution is 5.95. The number of aromatic nitrogens is 2. The average Bonchev–Trinajstić information content (AvgIpc) is 2.95. The molecule has 1 aliphatic rings. The predicted molar refractivity (Wildman–Crippen MR) is 101 cm³/mol. The third kappa shape index (κ3) is 5.34. The molecule has 1 aliphatic heterocycles. The van der Waals surface area contributed by atoms with Crippen molar-refractivity contribution in [2.45, 2.75) is 31.8 Å². The van der Waals surface area contributed by atoms with Crippen LogP contribution in [0.3, 0.4) is 0 Å². The number of carbonyl (C=O) groups is 1. The molecular weight excluding hydrogens is 328 g/mol. The molecule has 6 nitrogen and oxygen atoms in total. The summed E-state index contributed by atoms with van der Waals surface area (Å²) in [5.41, 5.74) is 2.12. The molecule has 0 bridgehead atoms. The first-order chi connectivity index (χ1) is 12.7. The quantitative estimate of drug-likeness (QED) is 0.831. The molecule has 2 heterocycles. The van der Waals surface area contributed by atoms with E-state index in [4.69, 9.17) is 0 Å². The van der Waals surface area contributed by atoms with E-state index < -0.39 is 6.10 Å². The summed E-state index contributed by atoms with van der Waals surface area (Å²) in [6.45, 7) is 2.93. The van der Waals surface area contributed by atoms with Crippen molar-refractivity contribution in [3.8, 4) is 11.3 Å². The molecule has 1 saturated heterocycles. The van der Waals surface area contributed by atoms with E-state index in [9.17, 15) is 9.90 Å². The lowest BCUT2D eigenvalue weighted by Crippen LogP contribution is -2.40. The number of hydrogen-bond acceptors (Lipinski definition) is 5. The molecule has 1 aromatic heterocycles. The lowest BCUT2D eigenvalue weighted by molar-refractivity contribution is 0.0862. The third-order valence-electron chi connectivity index (χ3n) is 4.65. The molecule has 0 radical (unpaired) electrons. The fourth-order valence-corrected chi connectivity index (χ4v) is 3.26. The van der Waals surface area contributed by atoms with Gasteiger partial charge in [0.1, 0.15) is 0 Å². The molecule has 0 aliphatic carbocycles. The largest absolute Gasteiger partial charge is 0.390 e. The SMILES string of the molecule is O=C(NCC(O)CN1CCCCCC1)c1cccc(-c2cnccn2)c1. The summed E-state index contributed by atoms with van der Waals surface area (Å²) in [5.74, 6) is -0.189. The predicted octanol–water partition coefficient (Wildman–Crippen LogP) is 2.11. The lowest BCUT2D eigenvalue weighted by Gasteiger charge is -2.23. The van der Waals surface area contributed by atoms with Gasteiger partial charge in [-0.05, 0) is 38.1 Å². The van der Waals surface area contributed by atoms with E-state index in [1.165, 1.54) is 25.7 Å². The van der Waals surface area contributed by atoms with E-state index in [2.05, 4.69) is 20.2 Å². The summed E-state index contributed by atoms with van der Waals surface area (Å²) < 4.78 is 0. The molecule has 1 fully saturated rings. The fraction of sp³-hybridized carbons (Fsp3) is 0.450. The van der Waals surface area contributed by atoms with Crippen molar-refractivity contribution in [3.63, 3.8) is 0 Å². The smallest absolute Gasteiger partial charge is 0.251 e. The highest BCUT2D eigenvalue weighted by Crippen LogP contribution is 2.17. The zero-order chi connectivity index (χ0) is 18.2. The summed E-state index contributed by atoms with van der Waals surface area (Å²) in [5, 5.41) is 13.1. The van der Waals surface area contributed by atoms with Crippen LogP contribution in [0.15, 0.2) is 42.9 Å². The molecule has 138 valence electrons. The van der Waals surface area contributed by atoms with Crippen molar-refractivity contribution in [2.24, 2.45) is 0 Å². The molecule has 0 spiro atoms. The number of carbonyl (C=O) groups excluding carboxylic acids is 1. The first-order valence-corrected chi connectivity index (χ1v) is 9.27. The Labute approximate surface area is 154 Å². The molecule has 6 heteroatoms. The van der Waals surface area contributed by atoms with Gasteiger partial charge in [-0.1, -0.05) is 25.0 Å². The molecular formula is C20H26N4O2. The minimum absolute atomic E-state index is 0.189. The molecule has 26 heavy (non-hydrogen) atoms. The maximum atomic E-state index is 12.4. The minimum Gasteiger partial charge on any atom is -0.390 e. The monoisotopic (exact) mass is 354 g/mol. The number of β-amino-alcohol motifs (C(OH)–C–C–N with tert-alkyl or cyclic N) is 1. The summed E-state index contributed by atoms with van der Waals surface area (Å²) in [7, 11) is 0. The molecule has 1 aromatic carbocycles. The van der Waals surface area contributed by atoms with Crippen LogP contribution in [-0.2, 0) is 0 Å². The zero-order valence-electron chi connectivity index (χ0n) is 15.0. The number of amides is 1. The number of nitrogens with one attached hydrogen (secondary N) is 1. The van der Waals surface area contributed by atoms with E-state index in [-0.39, 0.29) is 12.5 Å². The van der Waals surface area contributed by atoms with Gasteiger partial charge >= 0.3 is 0 Å². The lowest BCUT2D eigenvalue weighted by atomic mass is 10.1. The van der Waals surface area contributed by atoms with Crippen molar-refractivity contribution in [3.05, 3.63) is 48.4 Å². The van der Waals surface area contributed by atoms with Crippen molar-refractivity contribution >= 4 is 5.91 Å². The van der Waals surface area contributed by atoms with Crippen LogP contribution in [0.4, 0.5) is 0 Å². The zero-order valence-corrected chi connectivity index (χ0v) is 15.0. The second-order valence-electron chi connectivity index (χ2n) is 6.75. The van der Waals surface area contributed by atoms with Crippen LogP contribution in [0.5, 0.6) is 0 Å². The van der Waals surface area contributed by atoms with E-state index >= 15 is 0 Å². The van der Waals surface area contributed by atoms with Gasteiger partial charge in [-0.25, -0.2) is 0 Å². The maximum absolute atomic E-state index is 12.4. The second-order valence-corrected chi connectivity index (χ2v) is 6.75. The Morgan fingerprint density at radius 1 is 1.19 bits per heavy atom. The number of benzene rings is 1. The van der Waals surface area contributed by atoms with Crippen LogP contribution >= 0.6 is 0 Å². The number of likely N-dealkylation sites (tertiary alicyclic amines) is 1. The van der Waals surface area contributed by atoms with Crippen LogP contribution in [0.2, 0.25) is 0 Å². The van der Waals surface area contributed by atoms with Gasteiger partial charge in [-0.2, -0.15) is 0 Å². The first kappa shape index (κ1) is 18.5. The van der Waals surface area contributed by atoms with Crippen LogP contribution in [0, 0.1) is 0 Å². The molecule has 1 amide bonds. The molecule has 1 unspecified atom stereocenters. The van der Waals surface area contributed by atoms with Crippen molar-refractivity contribution < 1.29 is 9.90 Å². The summed E-state index contributed by atoms with van der Waals surface area (Å²) >= 11 is 0. The van der Waals surface area contributed by atoms with Crippen molar-refractivity contribution in [1.82, 2.24) is 20.2 Å². The number of aliphatic hydroxyl groups excluding tert-OH is 1. The topological polar surface area (TPSA) is 78.4 Å². The van der Waals surface area contributed by atoms with E-state index in [0.29, 0.717) is 12.1 Å². The average molecular weight is 354 g/mol. The minimum atomic E-state index is -0.555. The van der Waals surface area contributed by atoms with Gasteiger partial charge in [0.05, 0.1) is 18.0 Å². The molecule has 3 rings (SSSR count). The van der Waals surface area contributed by atoms with Gasteiger partial charge in [-0.15, -0.1) is 0 Å². The second kappa shape index (κ2) is 9.40. The number of rotatable bonds is 6. The van der Waals surface area contributed by atoms with Crippen molar-refractivity contribution in [2.75, 3.05) is 26.2 Å². The highest BCUT2D eigenvalue weighted by Gasteiger charge is 2.15. The van der Waals surface area contributed by atoms with Crippen LogP contribution in [-0.4, -0.2) is 58.2 Å². The van der Waals surface area contributed by atoms with Gasteiger partial charge in [-0.3, -0.25) is 14.8 Å². The Morgan fingerprint density at radius 2 is 2.00 bits per heavy atom. The first-order valence-electron chi connectivity index (χ1n) is 9.27. The van der Waals surface area contributed by atoms with Gasteiger partial charge in [0, 0.05) is 36.6 Å².